The van der Waals surface area contributed by atoms with Gasteiger partial charge in [-0.1, -0.05) is 64.1 Å². The summed E-state index contributed by atoms with van der Waals surface area (Å²) in [6.45, 7) is 13.7. The SMILES string of the molecule is C=C(N[C@H](C(=O)N1CC2(C[C@H]1C1=NC=C(c3ccc(-c4ccc(C5=CN=C(C6CCCN6C(=O)[C@@H](NC(=O)OC)C(C)C)C5)c5c4C4CCC5O4)cc3)C1)OCCO2)C(C)C)OC. The van der Waals surface area contributed by atoms with E-state index in [1.54, 1.807) is 0 Å². The summed E-state index contributed by atoms with van der Waals surface area (Å²) >= 11 is 0. The minimum atomic E-state index is -0.837. The Balaban J connectivity index is 0.899. The van der Waals surface area contributed by atoms with Crippen LogP contribution >= 0.6 is 0 Å². The fourth-order valence-corrected chi connectivity index (χ4v) is 10.7. The molecule has 3 unspecified atom stereocenters. The van der Waals surface area contributed by atoms with Gasteiger partial charge in [0, 0.05) is 49.6 Å². The van der Waals surface area contributed by atoms with E-state index in [9.17, 15) is 14.4 Å². The van der Waals surface area contributed by atoms with Crippen LogP contribution in [0.5, 0.6) is 0 Å². The van der Waals surface area contributed by atoms with E-state index < -0.39 is 24.0 Å². The van der Waals surface area contributed by atoms with E-state index in [1.165, 1.54) is 36.5 Å². The van der Waals surface area contributed by atoms with Gasteiger partial charge < -0.3 is 44.1 Å². The Morgan fingerprint density at radius 3 is 2.00 bits per heavy atom. The van der Waals surface area contributed by atoms with Crippen molar-refractivity contribution in [3.63, 3.8) is 0 Å². The molecule has 7 heterocycles. The summed E-state index contributed by atoms with van der Waals surface area (Å²) in [4.78, 5) is 53.8. The Hall–Kier alpha value is -5.31. The molecule has 6 atom stereocenters. The van der Waals surface area contributed by atoms with Crippen LogP contribution in [0.25, 0.3) is 22.3 Å². The van der Waals surface area contributed by atoms with Crippen LogP contribution in [0.3, 0.4) is 0 Å². The van der Waals surface area contributed by atoms with Crippen molar-refractivity contribution in [1.82, 2.24) is 20.4 Å². The third-order valence-electron chi connectivity index (χ3n) is 14.0. The fraction of sp³-hybridized carbons (Fsp3) is 0.531. The number of carbonyl (C=O) groups excluding carboxylic acids is 3. The summed E-state index contributed by atoms with van der Waals surface area (Å²) in [6.07, 6.45) is 8.89. The van der Waals surface area contributed by atoms with E-state index in [1.807, 2.05) is 49.9 Å². The standard InChI is InChI=1S/C49H60N6O8/c1-27(2)44(52-29(5)59-6)47(57)55-26-49(61-19-20-62-49)23-39(55)37-21-32(24-50-37)30-10-12-31(13-11-30)34-14-15-35(43-41-17-16-40(63-41)42(34)43)33-22-36(51-25-33)38-9-8-18-54(38)46(56)45(28(3)4)53-48(58)60-7/h10-15,24-25,27-28,38-41,44-45,52H,5,8-9,16-23,26H2,1-4,6-7H3,(H,53,58)/t38?,39-,40?,41?,44-,45-/m0/s1. The highest BCUT2D eigenvalue weighted by molar-refractivity contribution is 6.05. The number of likely N-dealkylation sites (tertiary alicyclic amines) is 2. The number of fused-ring (bicyclic) bond motifs is 5. The molecule has 9 rings (SSSR count). The fourth-order valence-electron chi connectivity index (χ4n) is 10.7. The Bertz CT molecular complexity index is 2290. The maximum Gasteiger partial charge on any atom is 0.407 e. The number of aliphatic imine (C=N–C) groups is 2. The molecular formula is C49H60N6O8. The second-order valence-electron chi connectivity index (χ2n) is 18.5. The molecule has 2 N–H and O–H groups in total. The molecule has 4 saturated heterocycles. The van der Waals surface area contributed by atoms with Gasteiger partial charge in [-0.2, -0.15) is 0 Å². The van der Waals surface area contributed by atoms with Crippen LogP contribution < -0.4 is 10.6 Å². The maximum atomic E-state index is 14.2. The summed E-state index contributed by atoms with van der Waals surface area (Å²) in [5.41, 5.74) is 11.2. The number of nitrogens with one attached hydrogen (secondary N) is 2. The molecule has 0 aromatic heterocycles. The van der Waals surface area contributed by atoms with E-state index in [0.29, 0.717) is 51.4 Å². The molecule has 334 valence electrons. The van der Waals surface area contributed by atoms with E-state index >= 15 is 0 Å². The van der Waals surface area contributed by atoms with Crippen molar-refractivity contribution in [1.29, 1.82) is 0 Å². The number of hydrogen-bond donors (Lipinski definition) is 2. The summed E-state index contributed by atoms with van der Waals surface area (Å²) < 4.78 is 29.0. The maximum absolute atomic E-state index is 14.2. The monoisotopic (exact) mass is 860 g/mol. The van der Waals surface area contributed by atoms with E-state index in [-0.39, 0.29) is 47.9 Å². The highest BCUT2D eigenvalue weighted by Gasteiger charge is 2.53. The molecule has 2 bridgehead atoms. The molecule has 14 nitrogen and oxygen atoms in total. The van der Waals surface area contributed by atoms with Crippen molar-refractivity contribution in [2.75, 3.05) is 40.5 Å². The van der Waals surface area contributed by atoms with Crippen molar-refractivity contribution in [3.05, 3.63) is 83.5 Å². The van der Waals surface area contributed by atoms with Gasteiger partial charge in [0.05, 0.1) is 58.3 Å². The number of alkyl carbamates (subject to hydrolysis) is 1. The lowest BCUT2D eigenvalue weighted by atomic mass is 9.80. The van der Waals surface area contributed by atoms with Crippen molar-refractivity contribution in [2.24, 2.45) is 21.8 Å². The number of rotatable bonds is 13. The highest BCUT2D eigenvalue weighted by atomic mass is 16.7. The van der Waals surface area contributed by atoms with Crippen LogP contribution in [0.1, 0.15) is 107 Å². The zero-order chi connectivity index (χ0) is 44.2. The van der Waals surface area contributed by atoms with Crippen LogP contribution in [-0.4, -0.2) is 110 Å². The number of nitrogens with zero attached hydrogens (tertiary/aromatic N) is 4. The van der Waals surface area contributed by atoms with Gasteiger partial charge in [0.1, 0.15) is 12.1 Å². The summed E-state index contributed by atoms with van der Waals surface area (Å²) in [7, 11) is 2.85. The van der Waals surface area contributed by atoms with Gasteiger partial charge in [-0.25, -0.2) is 4.79 Å². The zero-order valence-corrected chi connectivity index (χ0v) is 37.3. The molecule has 7 aliphatic rings. The van der Waals surface area contributed by atoms with Crippen LogP contribution in [0.15, 0.2) is 71.2 Å². The van der Waals surface area contributed by atoms with E-state index in [2.05, 4.69) is 53.6 Å². The number of hydrogen-bond acceptors (Lipinski definition) is 11. The van der Waals surface area contributed by atoms with Crippen LogP contribution in [0.2, 0.25) is 0 Å². The second kappa shape index (κ2) is 17.3. The number of carbonyl (C=O) groups is 3. The lowest BCUT2D eigenvalue weighted by Gasteiger charge is -2.31. The van der Waals surface area contributed by atoms with Gasteiger partial charge in [-0.3, -0.25) is 19.6 Å². The molecule has 0 radical (unpaired) electrons. The van der Waals surface area contributed by atoms with Crippen LogP contribution in [-0.2, 0) is 33.3 Å². The predicted molar refractivity (Wildman–Crippen MR) is 239 cm³/mol. The van der Waals surface area contributed by atoms with Gasteiger partial charge in [0.2, 0.25) is 11.8 Å². The molecular weight excluding hydrogens is 801 g/mol. The van der Waals surface area contributed by atoms with Gasteiger partial charge in [0.25, 0.3) is 0 Å². The number of benzene rings is 2. The largest absolute Gasteiger partial charge is 0.483 e. The van der Waals surface area contributed by atoms with Gasteiger partial charge in [-0.05, 0) is 88.6 Å². The van der Waals surface area contributed by atoms with Gasteiger partial charge >= 0.3 is 6.09 Å². The van der Waals surface area contributed by atoms with E-state index in [4.69, 9.17) is 33.7 Å². The summed E-state index contributed by atoms with van der Waals surface area (Å²) in [5, 5.41) is 5.92. The molecule has 4 fully saturated rings. The van der Waals surface area contributed by atoms with E-state index in [0.717, 1.165) is 59.4 Å². The topological polar surface area (TPSA) is 153 Å². The summed E-state index contributed by atoms with van der Waals surface area (Å²) in [5.74, 6) is -0.754. The zero-order valence-electron chi connectivity index (χ0n) is 37.3. The van der Waals surface area contributed by atoms with Gasteiger partial charge in [0.15, 0.2) is 11.7 Å². The first-order valence-corrected chi connectivity index (χ1v) is 22.6. The van der Waals surface area contributed by atoms with Crippen LogP contribution in [0.4, 0.5) is 4.79 Å². The predicted octanol–water partition coefficient (Wildman–Crippen LogP) is 7.08. The lowest BCUT2D eigenvalue weighted by molar-refractivity contribution is -0.153. The van der Waals surface area contributed by atoms with Gasteiger partial charge in [-0.15, -0.1) is 0 Å². The Morgan fingerprint density at radius 1 is 0.746 bits per heavy atom. The van der Waals surface area contributed by atoms with Crippen molar-refractivity contribution in [3.8, 4) is 11.1 Å². The average molecular weight is 861 g/mol. The number of allylic oxidation sites excluding steroid dienone is 2. The Kier molecular flexibility index (Phi) is 11.8. The molecule has 2 aromatic rings. The number of ether oxygens (including phenoxy) is 5. The molecule has 3 amide bonds. The molecule has 63 heavy (non-hydrogen) atoms. The first kappa shape index (κ1) is 43.0. The minimum Gasteiger partial charge on any atom is -0.483 e. The quantitative estimate of drug-likeness (QED) is 0.201. The lowest BCUT2D eigenvalue weighted by Crippen LogP contribution is -2.53. The third-order valence-corrected chi connectivity index (χ3v) is 14.0. The molecule has 7 aliphatic heterocycles. The molecule has 14 heteroatoms. The number of methoxy groups -OCH3 is 2. The van der Waals surface area contributed by atoms with Crippen molar-refractivity contribution >= 4 is 40.5 Å². The molecule has 0 aliphatic carbocycles. The summed E-state index contributed by atoms with van der Waals surface area (Å²) in [6, 6.07) is 11.6. The second-order valence-corrected chi connectivity index (χ2v) is 18.5. The smallest absolute Gasteiger partial charge is 0.407 e. The minimum absolute atomic E-state index is 0.0138. The average Bonchev–Trinajstić information content (AvgIpc) is 4.15. The Labute approximate surface area is 369 Å². The molecule has 1 spiro atoms. The van der Waals surface area contributed by atoms with Crippen molar-refractivity contribution < 1.29 is 38.1 Å². The first-order chi connectivity index (χ1) is 30.4. The van der Waals surface area contributed by atoms with Crippen molar-refractivity contribution in [2.45, 2.75) is 115 Å². The Morgan fingerprint density at radius 2 is 1.33 bits per heavy atom. The van der Waals surface area contributed by atoms with Crippen LogP contribution in [0, 0.1) is 11.8 Å². The number of amides is 3. The first-order valence-electron chi connectivity index (χ1n) is 22.6. The molecule has 2 aromatic carbocycles. The third kappa shape index (κ3) is 7.99. The highest BCUT2D eigenvalue weighted by Crippen LogP contribution is 2.56. The molecule has 0 saturated carbocycles. The normalized spacial score (nSPS) is 25.3.